The molecule has 0 unspecified atom stereocenters. The highest BCUT2D eigenvalue weighted by Gasteiger charge is 2.25. The molecule has 1 N–H and O–H groups in total. The first-order valence-corrected chi connectivity index (χ1v) is 7.55. The zero-order valence-electron chi connectivity index (χ0n) is 12.3. The number of aliphatic hydroxyl groups excluding tert-OH is 1. The molecule has 108 valence electrons. The normalized spacial score (nSPS) is 24.0. The number of nitrogens with zero attached hydrogens (tertiary/aromatic N) is 3. The van der Waals surface area contributed by atoms with Crippen LogP contribution < -0.4 is 0 Å². The van der Waals surface area contributed by atoms with Crippen molar-refractivity contribution in [1.82, 2.24) is 14.7 Å². The minimum absolute atomic E-state index is 0.244. The Morgan fingerprint density at radius 1 is 1.37 bits per heavy atom. The Bertz CT molecular complexity index is 369. The molecule has 4 heteroatoms. The maximum atomic E-state index is 9.29. The first-order valence-electron chi connectivity index (χ1n) is 7.55. The average Bonchev–Trinajstić information content (AvgIpc) is 2.84. The van der Waals surface area contributed by atoms with E-state index in [0.29, 0.717) is 6.04 Å². The zero-order chi connectivity index (χ0) is 13.7. The van der Waals surface area contributed by atoms with Crippen molar-refractivity contribution in [1.29, 1.82) is 0 Å². The molecule has 2 rings (SSSR count). The predicted octanol–water partition coefficient (Wildman–Crippen LogP) is 2.18. The van der Waals surface area contributed by atoms with Crippen molar-refractivity contribution in [3.63, 3.8) is 0 Å². The van der Waals surface area contributed by atoms with E-state index in [0.717, 1.165) is 19.0 Å². The van der Waals surface area contributed by atoms with Crippen LogP contribution in [0.5, 0.6) is 0 Å². The van der Waals surface area contributed by atoms with Gasteiger partial charge in [0.05, 0.1) is 12.8 Å². The van der Waals surface area contributed by atoms with Crippen molar-refractivity contribution in [2.75, 3.05) is 13.2 Å². The highest BCUT2D eigenvalue weighted by molar-refractivity contribution is 5.03. The van der Waals surface area contributed by atoms with Gasteiger partial charge in [-0.3, -0.25) is 9.58 Å². The first-order chi connectivity index (χ1) is 9.22. The van der Waals surface area contributed by atoms with Crippen LogP contribution in [0.4, 0.5) is 0 Å². The van der Waals surface area contributed by atoms with E-state index in [4.69, 9.17) is 0 Å². The molecule has 0 spiro atoms. The summed E-state index contributed by atoms with van der Waals surface area (Å²) in [5, 5.41) is 13.5. The topological polar surface area (TPSA) is 41.3 Å². The fourth-order valence-corrected chi connectivity index (χ4v) is 3.23. The fourth-order valence-electron chi connectivity index (χ4n) is 3.23. The monoisotopic (exact) mass is 265 g/mol. The molecule has 1 fully saturated rings. The number of hydrogen-bond acceptors (Lipinski definition) is 3. The second-order valence-electron chi connectivity index (χ2n) is 5.80. The van der Waals surface area contributed by atoms with Gasteiger partial charge in [-0.2, -0.15) is 5.10 Å². The Morgan fingerprint density at radius 3 is 2.63 bits per heavy atom. The van der Waals surface area contributed by atoms with Gasteiger partial charge in [0, 0.05) is 37.9 Å². The lowest BCUT2D eigenvalue weighted by Crippen LogP contribution is -2.39. The van der Waals surface area contributed by atoms with E-state index in [9.17, 15) is 5.11 Å². The van der Waals surface area contributed by atoms with E-state index in [1.165, 1.54) is 37.7 Å². The minimum atomic E-state index is 0.244. The number of aryl methyl sites for hydroxylation is 1. The molecule has 0 amide bonds. The van der Waals surface area contributed by atoms with Gasteiger partial charge in [-0.15, -0.1) is 0 Å². The summed E-state index contributed by atoms with van der Waals surface area (Å²) >= 11 is 0. The summed E-state index contributed by atoms with van der Waals surface area (Å²) in [6.45, 7) is 4.23. The Morgan fingerprint density at radius 2 is 2.11 bits per heavy atom. The molecule has 1 aromatic rings. The lowest BCUT2D eigenvalue weighted by atomic mass is 9.84. The SMILES string of the molecule is CCC1CCC(N(CCO)Cc2cnn(C)c2)CC1. The third kappa shape index (κ3) is 4.05. The van der Waals surface area contributed by atoms with Gasteiger partial charge in [-0.1, -0.05) is 13.3 Å². The Labute approximate surface area is 116 Å². The van der Waals surface area contributed by atoms with Crippen LogP contribution in [0.3, 0.4) is 0 Å². The molecule has 1 aliphatic rings. The smallest absolute Gasteiger partial charge is 0.0558 e. The van der Waals surface area contributed by atoms with Crippen molar-refractivity contribution in [2.24, 2.45) is 13.0 Å². The fraction of sp³-hybridized carbons (Fsp3) is 0.800. The van der Waals surface area contributed by atoms with Crippen LogP contribution in [0.25, 0.3) is 0 Å². The number of hydrogen-bond donors (Lipinski definition) is 1. The van der Waals surface area contributed by atoms with E-state index < -0.39 is 0 Å². The molecule has 19 heavy (non-hydrogen) atoms. The third-order valence-electron chi connectivity index (χ3n) is 4.44. The molecule has 0 atom stereocenters. The van der Waals surface area contributed by atoms with Gasteiger partial charge in [0.2, 0.25) is 0 Å². The summed E-state index contributed by atoms with van der Waals surface area (Å²) in [7, 11) is 1.95. The highest BCUT2D eigenvalue weighted by atomic mass is 16.3. The maximum absolute atomic E-state index is 9.29. The molecule has 0 radical (unpaired) electrons. The van der Waals surface area contributed by atoms with E-state index >= 15 is 0 Å². The summed E-state index contributed by atoms with van der Waals surface area (Å²) in [5.41, 5.74) is 1.24. The average molecular weight is 265 g/mol. The molecule has 0 bridgehead atoms. The van der Waals surface area contributed by atoms with E-state index in [1.54, 1.807) is 0 Å². The van der Waals surface area contributed by atoms with Crippen LogP contribution in [0.1, 0.15) is 44.6 Å². The van der Waals surface area contributed by atoms with Gasteiger partial charge < -0.3 is 5.11 Å². The lowest BCUT2D eigenvalue weighted by molar-refractivity contribution is 0.103. The zero-order valence-corrected chi connectivity index (χ0v) is 12.3. The van der Waals surface area contributed by atoms with Gasteiger partial charge in [0.1, 0.15) is 0 Å². The van der Waals surface area contributed by atoms with Crippen LogP contribution in [0.15, 0.2) is 12.4 Å². The number of rotatable bonds is 6. The van der Waals surface area contributed by atoms with Crippen molar-refractivity contribution < 1.29 is 5.11 Å². The number of aromatic nitrogens is 2. The second-order valence-corrected chi connectivity index (χ2v) is 5.80. The van der Waals surface area contributed by atoms with E-state index in [2.05, 4.69) is 23.1 Å². The van der Waals surface area contributed by atoms with Crippen molar-refractivity contribution in [3.05, 3.63) is 18.0 Å². The first kappa shape index (κ1) is 14.5. The summed E-state index contributed by atoms with van der Waals surface area (Å²) in [6, 6.07) is 0.634. The molecule has 0 aliphatic heterocycles. The number of aliphatic hydroxyl groups is 1. The van der Waals surface area contributed by atoms with Crippen LogP contribution in [-0.4, -0.2) is 39.0 Å². The van der Waals surface area contributed by atoms with Gasteiger partial charge in [-0.25, -0.2) is 0 Å². The van der Waals surface area contributed by atoms with Gasteiger partial charge in [-0.05, 0) is 31.6 Å². The standard InChI is InChI=1S/C15H27N3O/c1-3-13-4-6-15(7-5-13)18(8-9-19)12-14-10-16-17(2)11-14/h10-11,13,15,19H,3-9,12H2,1-2H3. The summed E-state index contributed by atoms with van der Waals surface area (Å²) in [6.07, 6.45) is 10.6. The highest BCUT2D eigenvalue weighted by Crippen LogP contribution is 2.30. The van der Waals surface area contributed by atoms with Crippen molar-refractivity contribution in [2.45, 2.75) is 51.6 Å². The molecule has 1 saturated carbocycles. The third-order valence-corrected chi connectivity index (χ3v) is 4.44. The summed E-state index contributed by atoms with van der Waals surface area (Å²) < 4.78 is 1.85. The Hall–Kier alpha value is -0.870. The quantitative estimate of drug-likeness (QED) is 0.857. The van der Waals surface area contributed by atoms with Crippen molar-refractivity contribution in [3.8, 4) is 0 Å². The minimum Gasteiger partial charge on any atom is -0.395 e. The molecular weight excluding hydrogens is 238 g/mol. The Balaban J connectivity index is 1.92. The maximum Gasteiger partial charge on any atom is 0.0558 e. The predicted molar refractivity (Wildman–Crippen MR) is 76.7 cm³/mol. The lowest BCUT2D eigenvalue weighted by Gasteiger charge is -2.36. The van der Waals surface area contributed by atoms with Gasteiger partial charge in [0.25, 0.3) is 0 Å². The van der Waals surface area contributed by atoms with Gasteiger partial charge >= 0.3 is 0 Å². The molecule has 1 heterocycles. The van der Waals surface area contributed by atoms with E-state index in [1.807, 2.05) is 17.9 Å². The largest absolute Gasteiger partial charge is 0.395 e. The summed E-state index contributed by atoms with van der Waals surface area (Å²) in [5.74, 6) is 0.922. The molecule has 1 aromatic heterocycles. The molecule has 1 aliphatic carbocycles. The second kappa shape index (κ2) is 7.06. The Kier molecular flexibility index (Phi) is 5.40. The molecular formula is C15H27N3O. The van der Waals surface area contributed by atoms with Crippen LogP contribution in [0, 0.1) is 5.92 Å². The van der Waals surface area contributed by atoms with Crippen LogP contribution in [0.2, 0.25) is 0 Å². The van der Waals surface area contributed by atoms with Crippen LogP contribution in [-0.2, 0) is 13.6 Å². The van der Waals surface area contributed by atoms with E-state index in [-0.39, 0.29) is 6.61 Å². The molecule has 0 saturated heterocycles. The molecule has 0 aromatic carbocycles. The van der Waals surface area contributed by atoms with Gasteiger partial charge in [0.15, 0.2) is 0 Å². The summed E-state index contributed by atoms with van der Waals surface area (Å²) in [4.78, 5) is 2.43. The van der Waals surface area contributed by atoms with Crippen LogP contribution >= 0.6 is 0 Å². The molecule has 4 nitrogen and oxygen atoms in total. The van der Waals surface area contributed by atoms with Crippen molar-refractivity contribution >= 4 is 0 Å².